The Morgan fingerprint density at radius 3 is 2.68 bits per heavy atom. The molecule has 1 aromatic rings. The maximum atomic E-state index is 13.4. The topological polar surface area (TPSA) is 108 Å². The van der Waals surface area contributed by atoms with Crippen molar-refractivity contribution in [2.45, 2.75) is 57.3 Å². The van der Waals surface area contributed by atoms with Crippen LogP contribution in [0.3, 0.4) is 0 Å². The Kier molecular flexibility index (Phi) is 8.12. The maximum Gasteiger partial charge on any atom is 0.269 e. The van der Waals surface area contributed by atoms with Gasteiger partial charge in [0.05, 0.1) is 11.0 Å². The third-order valence-electron chi connectivity index (χ3n) is 7.13. The zero-order valence-corrected chi connectivity index (χ0v) is 19.9. The first-order chi connectivity index (χ1) is 16.4. The fourth-order valence-electron chi connectivity index (χ4n) is 5.29. The number of nitro benzene ring substituents is 1. The Morgan fingerprint density at radius 2 is 2.00 bits per heavy atom. The van der Waals surface area contributed by atoms with Crippen molar-refractivity contribution in [2.75, 3.05) is 45.9 Å². The molecule has 3 atom stereocenters. The number of nitro groups is 1. The molecule has 4 rings (SSSR count). The van der Waals surface area contributed by atoms with E-state index in [-0.39, 0.29) is 29.6 Å². The summed E-state index contributed by atoms with van der Waals surface area (Å²) in [5.41, 5.74) is 1.03. The smallest absolute Gasteiger partial charge is 0.269 e. The molecular weight excluding hydrogens is 438 g/mol. The largest absolute Gasteiger partial charge is 0.377 e. The number of benzene rings is 1. The van der Waals surface area contributed by atoms with Gasteiger partial charge in [-0.05, 0) is 37.8 Å². The van der Waals surface area contributed by atoms with Crippen molar-refractivity contribution in [3.05, 3.63) is 39.9 Å². The number of amides is 2. The van der Waals surface area contributed by atoms with Crippen LogP contribution in [0.2, 0.25) is 0 Å². The number of likely N-dealkylation sites (tertiary alicyclic amines) is 1. The van der Waals surface area contributed by atoms with Crippen molar-refractivity contribution in [3.63, 3.8) is 0 Å². The van der Waals surface area contributed by atoms with E-state index >= 15 is 0 Å². The first-order valence-electron chi connectivity index (χ1n) is 12.3. The lowest BCUT2D eigenvalue weighted by molar-refractivity contribution is -0.384. The Hall–Kier alpha value is -2.56. The van der Waals surface area contributed by atoms with E-state index in [1.54, 1.807) is 17.0 Å². The van der Waals surface area contributed by atoms with Crippen LogP contribution >= 0.6 is 0 Å². The minimum absolute atomic E-state index is 0.0161. The third-order valence-corrected chi connectivity index (χ3v) is 7.13. The highest BCUT2D eigenvalue weighted by atomic mass is 16.6. The molecule has 3 aliphatic heterocycles. The summed E-state index contributed by atoms with van der Waals surface area (Å²) in [6.07, 6.45) is 3.64. The number of ether oxygens (including phenoxy) is 1. The summed E-state index contributed by atoms with van der Waals surface area (Å²) >= 11 is 0. The van der Waals surface area contributed by atoms with E-state index in [9.17, 15) is 19.7 Å². The van der Waals surface area contributed by atoms with Gasteiger partial charge in [0.25, 0.3) is 5.69 Å². The summed E-state index contributed by atoms with van der Waals surface area (Å²) in [7, 11) is 0. The molecule has 3 heterocycles. The SMILES string of the molecule is CC(=O)N1CC(N(Cc2ccc([N+](=O)[O-])cc2)CC2CCCO2)CC1C(=O)N1CCCNCC1. The van der Waals surface area contributed by atoms with E-state index in [4.69, 9.17) is 4.74 Å². The Morgan fingerprint density at radius 1 is 1.21 bits per heavy atom. The molecule has 10 nitrogen and oxygen atoms in total. The molecule has 10 heteroatoms. The Labute approximate surface area is 200 Å². The van der Waals surface area contributed by atoms with Crippen molar-refractivity contribution in [2.24, 2.45) is 0 Å². The molecule has 0 saturated carbocycles. The van der Waals surface area contributed by atoms with Crippen molar-refractivity contribution in [1.29, 1.82) is 0 Å². The van der Waals surface area contributed by atoms with Gasteiger partial charge in [0.15, 0.2) is 0 Å². The minimum atomic E-state index is -0.454. The minimum Gasteiger partial charge on any atom is -0.377 e. The molecule has 1 N–H and O–H groups in total. The molecule has 3 unspecified atom stereocenters. The second-order valence-electron chi connectivity index (χ2n) is 9.49. The molecule has 0 radical (unpaired) electrons. The van der Waals surface area contributed by atoms with Crippen molar-refractivity contribution in [1.82, 2.24) is 20.0 Å². The Balaban J connectivity index is 1.51. The number of hydrogen-bond acceptors (Lipinski definition) is 7. The number of non-ortho nitro benzene ring substituents is 1. The number of nitrogens with zero attached hydrogens (tertiary/aromatic N) is 4. The van der Waals surface area contributed by atoms with Gasteiger partial charge in [-0.3, -0.25) is 24.6 Å². The number of carbonyl (C=O) groups is 2. The van der Waals surface area contributed by atoms with Gasteiger partial charge in [0.2, 0.25) is 11.8 Å². The highest BCUT2D eigenvalue weighted by Gasteiger charge is 2.42. The van der Waals surface area contributed by atoms with Crippen LogP contribution in [0, 0.1) is 10.1 Å². The van der Waals surface area contributed by atoms with Gasteiger partial charge < -0.3 is 19.9 Å². The van der Waals surface area contributed by atoms with Crippen LogP contribution in [0.25, 0.3) is 0 Å². The zero-order chi connectivity index (χ0) is 24.1. The summed E-state index contributed by atoms with van der Waals surface area (Å²) in [6, 6.07) is 6.17. The first-order valence-corrected chi connectivity index (χ1v) is 12.3. The Bertz CT molecular complexity index is 865. The van der Waals surface area contributed by atoms with Crippen LogP contribution in [0.1, 0.15) is 38.2 Å². The second-order valence-corrected chi connectivity index (χ2v) is 9.49. The van der Waals surface area contributed by atoms with Gasteiger partial charge in [-0.1, -0.05) is 12.1 Å². The van der Waals surface area contributed by atoms with E-state index in [0.29, 0.717) is 39.1 Å². The first kappa shape index (κ1) is 24.6. The lowest BCUT2D eigenvalue weighted by atomic mass is 10.1. The molecule has 2 amide bonds. The fraction of sp³-hybridized carbons (Fsp3) is 0.667. The van der Waals surface area contributed by atoms with Gasteiger partial charge in [0.1, 0.15) is 6.04 Å². The third kappa shape index (κ3) is 5.92. The van der Waals surface area contributed by atoms with E-state index in [2.05, 4.69) is 10.2 Å². The summed E-state index contributed by atoms with van der Waals surface area (Å²) in [6.45, 7) is 7.13. The van der Waals surface area contributed by atoms with Gasteiger partial charge in [-0.15, -0.1) is 0 Å². The standard InChI is InChI=1S/C24H35N5O5/c1-18(30)28-16-21(14-23(28)24(31)26-11-3-9-25-10-12-26)27(17-22-4-2-13-34-22)15-19-5-7-20(8-6-19)29(32)33/h5-8,21-23,25H,2-4,9-17H2,1H3. The zero-order valence-electron chi connectivity index (χ0n) is 19.9. The van der Waals surface area contributed by atoms with E-state index < -0.39 is 11.0 Å². The van der Waals surface area contributed by atoms with Crippen molar-refractivity contribution < 1.29 is 19.2 Å². The highest BCUT2D eigenvalue weighted by molar-refractivity contribution is 5.87. The number of nitrogens with one attached hydrogen (secondary N) is 1. The van der Waals surface area contributed by atoms with E-state index in [0.717, 1.165) is 44.5 Å². The van der Waals surface area contributed by atoms with Crippen LogP contribution in [-0.2, 0) is 20.9 Å². The van der Waals surface area contributed by atoms with Crippen LogP contribution in [-0.4, -0.2) is 95.5 Å². The maximum absolute atomic E-state index is 13.4. The molecule has 0 aromatic heterocycles. The van der Waals surface area contributed by atoms with E-state index in [1.807, 2.05) is 4.90 Å². The van der Waals surface area contributed by atoms with Crippen LogP contribution < -0.4 is 5.32 Å². The number of hydrogen-bond donors (Lipinski definition) is 1. The predicted octanol–water partition coefficient (Wildman–Crippen LogP) is 1.39. The monoisotopic (exact) mass is 473 g/mol. The average molecular weight is 474 g/mol. The van der Waals surface area contributed by atoms with Crippen LogP contribution in [0.15, 0.2) is 24.3 Å². The summed E-state index contributed by atoms with van der Waals surface area (Å²) in [4.78, 5) is 42.5. The van der Waals surface area contributed by atoms with Crippen LogP contribution in [0.5, 0.6) is 0 Å². The average Bonchev–Trinajstić information content (AvgIpc) is 3.42. The quantitative estimate of drug-likeness (QED) is 0.471. The predicted molar refractivity (Wildman–Crippen MR) is 126 cm³/mol. The molecular formula is C24H35N5O5. The number of carbonyl (C=O) groups excluding carboxylic acids is 2. The molecule has 3 fully saturated rings. The highest BCUT2D eigenvalue weighted by Crippen LogP contribution is 2.28. The summed E-state index contributed by atoms with van der Waals surface area (Å²) < 4.78 is 5.90. The molecule has 1 aromatic carbocycles. The lowest BCUT2D eigenvalue weighted by Crippen LogP contribution is -2.48. The summed E-state index contributed by atoms with van der Waals surface area (Å²) in [5.74, 6) is -0.0463. The van der Waals surface area contributed by atoms with Crippen LogP contribution in [0.4, 0.5) is 5.69 Å². The lowest BCUT2D eigenvalue weighted by Gasteiger charge is -2.31. The molecule has 0 bridgehead atoms. The molecule has 186 valence electrons. The van der Waals surface area contributed by atoms with Gasteiger partial charge in [-0.25, -0.2) is 0 Å². The normalized spacial score (nSPS) is 25.5. The van der Waals surface area contributed by atoms with Crippen molar-refractivity contribution in [3.8, 4) is 0 Å². The van der Waals surface area contributed by atoms with Gasteiger partial charge in [-0.2, -0.15) is 0 Å². The van der Waals surface area contributed by atoms with Crippen molar-refractivity contribution >= 4 is 17.5 Å². The van der Waals surface area contributed by atoms with Gasteiger partial charge in [0, 0.05) is 71.0 Å². The number of rotatable bonds is 7. The summed E-state index contributed by atoms with van der Waals surface area (Å²) in [5, 5.41) is 14.4. The molecule has 0 aliphatic carbocycles. The molecule has 3 aliphatic rings. The molecule has 3 saturated heterocycles. The molecule has 0 spiro atoms. The fourth-order valence-corrected chi connectivity index (χ4v) is 5.29. The van der Waals surface area contributed by atoms with Gasteiger partial charge >= 0.3 is 0 Å². The second kappa shape index (κ2) is 11.2. The molecule has 34 heavy (non-hydrogen) atoms. The van der Waals surface area contributed by atoms with E-state index in [1.165, 1.54) is 19.1 Å².